The Hall–Kier alpha value is -1.90. The maximum absolute atomic E-state index is 6.22. The van der Waals surface area contributed by atoms with Gasteiger partial charge in [0.25, 0.3) is 5.89 Å². The summed E-state index contributed by atoms with van der Waals surface area (Å²) in [6.45, 7) is 0. The average molecular weight is 365 g/mol. The molecule has 24 heavy (non-hydrogen) atoms. The van der Waals surface area contributed by atoms with Crippen molar-refractivity contribution in [1.82, 2.24) is 25.3 Å². The minimum absolute atomic E-state index is 0. The van der Waals surface area contributed by atoms with Crippen molar-refractivity contribution in [3.05, 3.63) is 42.0 Å². The molecule has 126 valence electrons. The van der Waals surface area contributed by atoms with E-state index in [0.717, 1.165) is 35.7 Å². The second-order valence-corrected chi connectivity index (χ2v) is 6.67. The summed E-state index contributed by atoms with van der Waals surface area (Å²) in [4.78, 5) is 8.55. The van der Waals surface area contributed by atoms with Crippen LogP contribution in [0.5, 0.6) is 0 Å². The number of rotatable bonds is 5. The molecular formula is C15H17ClN6OS. The summed E-state index contributed by atoms with van der Waals surface area (Å²) in [5.41, 5.74) is 7.92. The van der Waals surface area contributed by atoms with Crippen LogP contribution in [-0.2, 0) is 11.3 Å². The molecule has 3 aromatic rings. The minimum atomic E-state index is -0.393. The second kappa shape index (κ2) is 6.92. The van der Waals surface area contributed by atoms with Crippen LogP contribution in [0.2, 0.25) is 0 Å². The summed E-state index contributed by atoms with van der Waals surface area (Å²) in [5, 5.41) is 11.5. The van der Waals surface area contributed by atoms with E-state index in [1.165, 1.54) is 11.9 Å². The van der Waals surface area contributed by atoms with Gasteiger partial charge in [-0.3, -0.25) is 5.10 Å². The van der Waals surface area contributed by atoms with Crippen molar-refractivity contribution in [2.75, 3.05) is 0 Å². The molecule has 7 nitrogen and oxygen atoms in total. The van der Waals surface area contributed by atoms with Crippen molar-refractivity contribution >= 4 is 24.2 Å². The molecule has 0 unspecified atom stereocenters. The van der Waals surface area contributed by atoms with E-state index in [2.05, 4.69) is 25.3 Å². The second-order valence-electron chi connectivity index (χ2n) is 5.71. The van der Waals surface area contributed by atoms with Gasteiger partial charge in [-0.1, -0.05) is 29.1 Å². The molecule has 0 amide bonds. The van der Waals surface area contributed by atoms with Crippen molar-refractivity contribution in [3.8, 4) is 11.5 Å². The molecule has 0 radical (unpaired) electrons. The highest BCUT2D eigenvalue weighted by Gasteiger charge is 2.39. The molecule has 0 atom stereocenters. The molecule has 0 bridgehead atoms. The van der Waals surface area contributed by atoms with E-state index in [4.69, 9.17) is 10.3 Å². The first-order chi connectivity index (χ1) is 11.2. The van der Waals surface area contributed by atoms with Gasteiger partial charge in [-0.05, 0) is 37.0 Å². The number of benzene rings is 1. The van der Waals surface area contributed by atoms with Gasteiger partial charge in [-0.25, -0.2) is 4.98 Å². The van der Waals surface area contributed by atoms with Crippen LogP contribution in [-0.4, -0.2) is 25.3 Å². The summed E-state index contributed by atoms with van der Waals surface area (Å²) < 4.78 is 5.36. The van der Waals surface area contributed by atoms with Crippen molar-refractivity contribution in [2.45, 2.75) is 35.7 Å². The summed E-state index contributed by atoms with van der Waals surface area (Å²) in [5.74, 6) is 1.95. The quantitative estimate of drug-likeness (QED) is 0.670. The highest BCUT2D eigenvalue weighted by Crippen LogP contribution is 2.37. The van der Waals surface area contributed by atoms with Crippen LogP contribution in [0.15, 0.2) is 40.3 Å². The molecule has 1 saturated carbocycles. The molecular weight excluding hydrogens is 348 g/mol. The number of nitrogens with zero attached hydrogens (tertiary/aromatic N) is 4. The standard InChI is InChI=1S/C15H16N6OS.ClH/c16-15(6-1-7-15)13-19-12(22-21-13)11-4-2-10(3-5-11)8-23-14-17-9-18-20-14;/h2-5,9H,1,6-8,16H2,(H,17,18,20);1H. The monoisotopic (exact) mass is 364 g/mol. The Morgan fingerprint density at radius 2 is 2.04 bits per heavy atom. The van der Waals surface area contributed by atoms with Gasteiger partial charge >= 0.3 is 0 Å². The van der Waals surface area contributed by atoms with Gasteiger partial charge in [-0.15, -0.1) is 12.4 Å². The molecule has 4 rings (SSSR count). The largest absolute Gasteiger partial charge is 0.334 e. The summed E-state index contributed by atoms with van der Waals surface area (Å²) in [6.07, 6.45) is 4.47. The highest BCUT2D eigenvalue weighted by atomic mass is 35.5. The Morgan fingerprint density at radius 3 is 2.67 bits per heavy atom. The number of aromatic amines is 1. The maximum Gasteiger partial charge on any atom is 0.257 e. The van der Waals surface area contributed by atoms with E-state index in [9.17, 15) is 0 Å². The van der Waals surface area contributed by atoms with Gasteiger partial charge in [0.05, 0.1) is 5.54 Å². The number of halogens is 1. The van der Waals surface area contributed by atoms with Crippen LogP contribution in [0.25, 0.3) is 11.5 Å². The smallest absolute Gasteiger partial charge is 0.257 e. The number of hydrogen-bond donors (Lipinski definition) is 2. The number of H-pyrrole nitrogens is 1. The molecule has 1 aromatic carbocycles. The number of nitrogens with two attached hydrogens (primary N) is 1. The van der Waals surface area contributed by atoms with Crippen LogP contribution >= 0.6 is 24.2 Å². The van der Waals surface area contributed by atoms with Gasteiger partial charge in [0, 0.05) is 11.3 Å². The van der Waals surface area contributed by atoms with Crippen LogP contribution in [0.3, 0.4) is 0 Å². The predicted octanol–water partition coefficient (Wildman–Crippen LogP) is 2.91. The lowest BCUT2D eigenvalue weighted by Gasteiger charge is -2.34. The van der Waals surface area contributed by atoms with Gasteiger partial charge in [0.1, 0.15) is 6.33 Å². The number of nitrogens with one attached hydrogen (secondary N) is 1. The Bertz CT molecular complexity index is 785. The van der Waals surface area contributed by atoms with E-state index >= 15 is 0 Å². The first kappa shape index (κ1) is 16.9. The summed E-state index contributed by atoms with van der Waals surface area (Å²) in [7, 11) is 0. The summed E-state index contributed by atoms with van der Waals surface area (Å²) in [6, 6.07) is 8.06. The molecule has 3 N–H and O–H groups in total. The van der Waals surface area contributed by atoms with Gasteiger partial charge in [0.2, 0.25) is 0 Å². The minimum Gasteiger partial charge on any atom is -0.334 e. The fourth-order valence-electron chi connectivity index (χ4n) is 2.48. The third-order valence-corrected chi connectivity index (χ3v) is 5.03. The molecule has 9 heteroatoms. The molecule has 2 aromatic heterocycles. The fraction of sp³-hybridized carbons (Fsp3) is 0.333. The van der Waals surface area contributed by atoms with Crippen molar-refractivity contribution in [2.24, 2.45) is 5.73 Å². The Labute approximate surface area is 149 Å². The Balaban J connectivity index is 0.00000169. The third-order valence-electron chi connectivity index (χ3n) is 4.09. The molecule has 1 fully saturated rings. The normalized spacial score (nSPS) is 15.5. The Morgan fingerprint density at radius 1 is 1.25 bits per heavy atom. The zero-order valence-corrected chi connectivity index (χ0v) is 14.4. The first-order valence-corrected chi connectivity index (χ1v) is 8.42. The van der Waals surface area contributed by atoms with Gasteiger partial charge in [-0.2, -0.15) is 10.1 Å². The lowest BCUT2D eigenvalue weighted by atomic mass is 9.77. The topological polar surface area (TPSA) is 107 Å². The molecule has 2 heterocycles. The Kier molecular flexibility index (Phi) is 4.88. The molecule has 1 aliphatic carbocycles. The molecule has 0 aliphatic heterocycles. The van der Waals surface area contributed by atoms with Crippen molar-refractivity contribution in [3.63, 3.8) is 0 Å². The van der Waals surface area contributed by atoms with Crippen molar-refractivity contribution < 1.29 is 4.52 Å². The lowest BCUT2D eigenvalue weighted by molar-refractivity contribution is 0.229. The lowest BCUT2D eigenvalue weighted by Crippen LogP contribution is -2.44. The van der Waals surface area contributed by atoms with Crippen molar-refractivity contribution in [1.29, 1.82) is 0 Å². The van der Waals surface area contributed by atoms with Crippen LogP contribution in [0, 0.1) is 0 Å². The van der Waals surface area contributed by atoms with E-state index in [-0.39, 0.29) is 12.4 Å². The SMILES string of the molecule is Cl.NC1(c2noc(-c3ccc(CSc4ncn[nH]4)cc3)n2)CCC1. The molecule has 1 aliphatic rings. The van der Waals surface area contributed by atoms with E-state index in [1.807, 2.05) is 24.3 Å². The summed E-state index contributed by atoms with van der Waals surface area (Å²) >= 11 is 1.60. The van der Waals surface area contributed by atoms with E-state index in [0.29, 0.717) is 11.7 Å². The first-order valence-electron chi connectivity index (χ1n) is 7.43. The fourth-order valence-corrected chi connectivity index (χ4v) is 3.22. The number of hydrogen-bond acceptors (Lipinski definition) is 7. The van der Waals surface area contributed by atoms with Gasteiger partial charge < -0.3 is 10.3 Å². The molecule has 0 spiro atoms. The number of thioether (sulfide) groups is 1. The van der Waals surface area contributed by atoms with E-state index < -0.39 is 5.54 Å². The zero-order valence-electron chi connectivity index (χ0n) is 12.8. The van der Waals surface area contributed by atoms with Crippen LogP contribution in [0.1, 0.15) is 30.7 Å². The predicted molar refractivity (Wildman–Crippen MR) is 92.6 cm³/mol. The average Bonchev–Trinajstić information content (AvgIpc) is 3.23. The van der Waals surface area contributed by atoms with Gasteiger partial charge in [0.15, 0.2) is 11.0 Å². The number of aromatic nitrogens is 5. The van der Waals surface area contributed by atoms with Crippen LogP contribution in [0.4, 0.5) is 0 Å². The zero-order chi connectivity index (χ0) is 15.7. The molecule has 0 saturated heterocycles. The third kappa shape index (κ3) is 3.31. The van der Waals surface area contributed by atoms with Crippen LogP contribution < -0.4 is 5.73 Å². The van der Waals surface area contributed by atoms with E-state index in [1.54, 1.807) is 11.8 Å². The highest BCUT2D eigenvalue weighted by molar-refractivity contribution is 7.98. The maximum atomic E-state index is 6.22.